The number of nitrogens with one attached hydrogen (secondary N) is 1. The molecule has 3 nitrogen and oxygen atoms in total. The number of halogens is 3. The first kappa shape index (κ1) is 15.8. The molecular formula is C14H19BrF2N2O. The summed E-state index contributed by atoms with van der Waals surface area (Å²) in [6.07, 6.45) is 1.08. The Morgan fingerprint density at radius 3 is 2.40 bits per heavy atom. The molecule has 1 aromatic rings. The number of piperazine rings is 1. The summed E-state index contributed by atoms with van der Waals surface area (Å²) in [6, 6.07) is 2.27. The van der Waals surface area contributed by atoms with Gasteiger partial charge in [0.1, 0.15) is 11.6 Å². The van der Waals surface area contributed by atoms with Crippen LogP contribution in [0, 0.1) is 11.6 Å². The third kappa shape index (κ3) is 3.75. The van der Waals surface area contributed by atoms with Crippen molar-refractivity contribution >= 4 is 15.9 Å². The first-order valence-electron chi connectivity index (χ1n) is 6.83. The van der Waals surface area contributed by atoms with Gasteiger partial charge in [-0.05, 0) is 25.0 Å². The molecule has 1 aliphatic heterocycles. The zero-order valence-corrected chi connectivity index (χ0v) is 12.8. The lowest BCUT2D eigenvalue weighted by atomic mass is 9.98. The zero-order valence-electron chi connectivity index (χ0n) is 11.2. The molecule has 2 rings (SSSR count). The van der Waals surface area contributed by atoms with E-state index in [9.17, 15) is 8.78 Å². The number of nitrogens with zero attached hydrogens (tertiary/aromatic N) is 1. The van der Waals surface area contributed by atoms with Crippen LogP contribution in [0.4, 0.5) is 8.78 Å². The summed E-state index contributed by atoms with van der Waals surface area (Å²) in [4.78, 5) is 2.08. The highest BCUT2D eigenvalue weighted by molar-refractivity contribution is 9.10. The van der Waals surface area contributed by atoms with E-state index in [2.05, 4.69) is 26.1 Å². The highest BCUT2D eigenvalue weighted by Gasteiger charge is 2.27. The molecule has 0 amide bonds. The largest absolute Gasteiger partial charge is 0.396 e. The van der Waals surface area contributed by atoms with E-state index >= 15 is 0 Å². The zero-order chi connectivity index (χ0) is 14.5. The SMILES string of the molecule is OCCC[C@H](c1c(F)cc(Br)cc1F)N1CCNCC1. The maximum Gasteiger partial charge on any atom is 0.132 e. The van der Waals surface area contributed by atoms with Crippen molar-refractivity contribution in [3.63, 3.8) is 0 Å². The molecule has 1 fully saturated rings. The summed E-state index contributed by atoms with van der Waals surface area (Å²) in [6.45, 7) is 3.17. The van der Waals surface area contributed by atoms with Crippen molar-refractivity contribution in [1.29, 1.82) is 0 Å². The number of hydrogen-bond acceptors (Lipinski definition) is 3. The summed E-state index contributed by atoms with van der Waals surface area (Å²) < 4.78 is 28.7. The number of rotatable bonds is 5. The maximum atomic E-state index is 14.2. The fourth-order valence-corrected chi connectivity index (χ4v) is 3.06. The number of aliphatic hydroxyl groups excluding tert-OH is 1. The molecule has 6 heteroatoms. The van der Waals surface area contributed by atoms with E-state index in [-0.39, 0.29) is 18.2 Å². The molecule has 20 heavy (non-hydrogen) atoms. The van der Waals surface area contributed by atoms with Gasteiger partial charge in [0.25, 0.3) is 0 Å². The summed E-state index contributed by atoms with van der Waals surface area (Å²) in [5, 5.41) is 12.2. The van der Waals surface area contributed by atoms with Crippen molar-refractivity contribution in [3.8, 4) is 0 Å². The molecule has 1 aliphatic rings. The highest BCUT2D eigenvalue weighted by atomic mass is 79.9. The Morgan fingerprint density at radius 1 is 1.25 bits per heavy atom. The lowest BCUT2D eigenvalue weighted by molar-refractivity contribution is 0.148. The Bertz CT molecular complexity index is 430. The molecule has 1 atom stereocenters. The van der Waals surface area contributed by atoms with E-state index in [1.165, 1.54) is 12.1 Å². The van der Waals surface area contributed by atoms with Gasteiger partial charge in [-0.15, -0.1) is 0 Å². The topological polar surface area (TPSA) is 35.5 Å². The third-order valence-electron chi connectivity index (χ3n) is 3.61. The quantitative estimate of drug-likeness (QED) is 0.857. The molecule has 0 spiro atoms. The second-order valence-electron chi connectivity index (χ2n) is 4.95. The van der Waals surface area contributed by atoms with E-state index in [1.54, 1.807) is 0 Å². The molecule has 0 aliphatic carbocycles. The average molecular weight is 349 g/mol. The smallest absolute Gasteiger partial charge is 0.132 e. The number of aliphatic hydroxyl groups is 1. The molecule has 0 unspecified atom stereocenters. The Hall–Kier alpha value is -0.560. The lowest BCUT2D eigenvalue weighted by Crippen LogP contribution is -2.45. The minimum absolute atomic E-state index is 0.0301. The van der Waals surface area contributed by atoms with E-state index < -0.39 is 11.6 Å². The van der Waals surface area contributed by atoms with Crippen LogP contribution in [0.15, 0.2) is 16.6 Å². The minimum atomic E-state index is -0.529. The molecule has 0 radical (unpaired) electrons. The van der Waals surface area contributed by atoms with E-state index in [0.29, 0.717) is 17.3 Å². The predicted octanol–water partition coefficient (Wildman–Crippen LogP) is 2.45. The Balaban J connectivity index is 2.29. The summed E-state index contributed by atoms with van der Waals surface area (Å²) in [5.74, 6) is -1.06. The normalized spacial score (nSPS) is 18.2. The van der Waals surface area contributed by atoms with E-state index in [0.717, 1.165) is 26.2 Å². The van der Waals surface area contributed by atoms with Crippen molar-refractivity contribution in [2.75, 3.05) is 32.8 Å². The van der Waals surface area contributed by atoms with Gasteiger partial charge in [0, 0.05) is 48.9 Å². The summed E-state index contributed by atoms with van der Waals surface area (Å²) in [7, 11) is 0. The van der Waals surface area contributed by atoms with E-state index in [1.807, 2.05) is 0 Å². The van der Waals surface area contributed by atoms with Crippen LogP contribution < -0.4 is 5.32 Å². The molecule has 1 aromatic carbocycles. The van der Waals surface area contributed by atoms with Crippen LogP contribution in [0.1, 0.15) is 24.4 Å². The minimum Gasteiger partial charge on any atom is -0.396 e. The van der Waals surface area contributed by atoms with Gasteiger partial charge < -0.3 is 10.4 Å². The molecule has 1 heterocycles. The second kappa shape index (κ2) is 7.45. The predicted molar refractivity (Wildman–Crippen MR) is 77.6 cm³/mol. The Labute approximate surface area is 126 Å². The van der Waals surface area contributed by atoms with Crippen LogP contribution in [0.3, 0.4) is 0 Å². The van der Waals surface area contributed by atoms with Crippen molar-refractivity contribution in [2.24, 2.45) is 0 Å². The van der Waals surface area contributed by atoms with Crippen molar-refractivity contribution < 1.29 is 13.9 Å². The van der Waals surface area contributed by atoms with Crippen LogP contribution in [0.5, 0.6) is 0 Å². The van der Waals surface area contributed by atoms with Gasteiger partial charge in [0.2, 0.25) is 0 Å². The van der Waals surface area contributed by atoms with Gasteiger partial charge in [0.15, 0.2) is 0 Å². The van der Waals surface area contributed by atoms with Gasteiger partial charge in [-0.2, -0.15) is 0 Å². The number of hydrogen-bond donors (Lipinski definition) is 2. The third-order valence-corrected chi connectivity index (χ3v) is 4.06. The van der Waals surface area contributed by atoms with Gasteiger partial charge in [-0.1, -0.05) is 15.9 Å². The fourth-order valence-electron chi connectivity index (χ4n) is 2.66. The average Bonchev–Trinajstić information content (AvgIpc) is 2.42. The van der Waals surface area contributed by atoms with Crippen molar-refractivity contribution in [2.45, 2.75) is 18.9 Å². The van der Waals surface area contributed by atoms with Gasteiger partial charge in [0.05, 0.1) is 0 Å². The van der Waals surface area contributed by atoms with Crippen LogP contribution in [0.25, 0.3) is 0 Å². The maximum absolute atomic E-state index is 14.2. The Morgan fingerprint density at radius 2 is 1.85 bits per heavy atom. The van der Waals surface area contributed by atoms with Crippen LogP contribution >= 0.6 is 15.9 Å². The monoisotopic (exact) mass is 348 g/mol. The standard InChI is InChI=1S/C14H19BrF2N2O/c15-10-8-11(16)14(12(17)9-10)13(2-1-7-20)19-5-3-18-4-6-19/h8-9,13,18,20H,1-7H2/t13-/m1/s1. The molecule has 0 bridgehead atoms. The van der Waals surface area contributed by atoms with Crippen LogP contribution in [-0.2, 0) is 0 Å². The lowest BCUT2D eigenvalue weighted by Gasteiger charge is -2.35. The van der Waals surface area contributed by atoms with Crippen molar-refractivity contribution in [1.82, 2.24) is 10.2 Å². The molecular weight excluding hydrogens is 330 g/mol. The second-order valence-corrected chi connectivity index (χ2v) is 5.87. The fraction of sp³-hybridized carbons (Fsp3) is 0.571. The molecule has 0 aromatic heterocycles. The highest BCUT2D eigenvalue weighted by Crippen LogP contribution is 2.32. The van der Waals surface area contributed by atoms with Crippen molar-refractivity contribution in [3.05, 3.63) is 33.8 Å². The van der Waals surface area contributed by atoms with Gasteiger partial charge in [-0.3, -0.25) is 4.90 Å². The molecule has 0 saturated carbocycles. The first-order chi connectivity index (χ1) is 9.63. The van der Waals surface area contributed by atoms with Gasteiger partial charge in [-0.25, -0.2) is 8.78 Å². The summed E-state index contributed by atoms with van der Waals surface area (Å²) >= 11 is 3.10. The first-order valence-corrected chi connectivity index (χ1v) is 7.63. The van der Waals surface area contributed by atoms with Crippen LogP contribution in [0.2, 0.25) is 0 Å². The number of benzene rings is 1. The molecule has 2 N–H and O–H groups in total. The molecule has 1 saturated heterocycles. The Kier molecular flexibility index (Phi) is 5.89. The van der Waals surface area contributed by atoms with Gasteiger partial charge >= 0.3 is 0 Å². The van der Waals surface area contributed by atoms with E-state index in [4.69, 9.17) is 5.11 Å². The summed E-state index contributed by atoms with van der Waals surface area (Å²) in [5.41, 5.74) is 0.114. The van der Waals surface area contributed by atoms with Crippen LogP contribution in [-0.4, -0.2) is 42.8 Å². The molecule has 112 valence electrons.